The van der Waals surface area contributed by atoms with Crippen molar-refractivity contribution < 1.29 is 8.42 Å². The van der Waals surface area contributed by atoms with E-state index < -0.39 is 9.84 Å². The Balaban J connectivity index is 2.00. The third-order valence-electron chi connectivity index (χ3n) is 3.61. The third-order valence-corrected chi connectivity index (χ3v) is 6.54. The summed E-state index contributed by atoms with van der Waals surface area (Å²) in [4.78, 5) is 2.60. The Kier molecular flexibility index (Phi) is 5.45. The first-order valence-electron chi connectivity index (χ1n) is 7.45. The largest absolute Gasteiger partial charge is 0.382 e. The number of nitrogen functional groups attached to an aromatic ring is 1. The molecule has 0 spiro atoms. The maximum absolute atomic E-state index is 12.2. The van der Waals surface area contributed by atoms with Crippen molar-refractivity contribution in [2.45, 2.75) is 44.0 Å². The summed E-state index contributed by atoms with van der Waals surface area (Å²) in [5.74, 6) is 0.221. The smallest absolute Gasteiger partial charge is 0.185 e. The molecule has 1 saturated carbocycles. The van der Waals surface area contributed by atoms with Crippen LogP contribution >= 0.6 is 11.5 Å². The lowest BCUT2D eigenvalue weighted by atomic mass is 10.4. The maximum Gasteiger partial charge on any atom is 0.185 e. The average molecular weight is 332 g/mol. The fourth-order valence-electron chi connectivity index (χ4n) is 2.43. The minimum Gasteiger partial charge on any atom is -0.382 e. The van der Waals surface area contributed by atoms with Gasteiger partial charge in [0.2, 0.25) is 0 Å². The van der Waals surface area contributed by atoms with Crippen molar-refractivity contribution in [3.05, 3.63) is 0 Å². The Labute approximate surface area is 130 Å². The van der Waals surface area contributed by atoms with Gasteiger partial charge in [-0.25, -0.2) is 8.42 Å². The molecule has 0 radical (unpaired) electrons. The first-order valence-corrected chi connectivity index (χ1v) is 9.88. The number of hydrogen-bond acceptors (Lipinski definition) is 7. The zero-order valence-corrected chi connectivity index (χ0v) is 14.3. The highest BCUT2D eigenvalue weighted by Gasteiger charge is 2.28. The van der Waals surface area contributed by atoms with Gasteiger partial charge in [-0.15, -0.1) is 0 Å². The Bertz CT molecular complexity index is 567. The van der Waals surface area contributed by atoms with E-state index in [1.807, 2.05) is 6.92 Å². The van der Waals surface area contributed by atoms with Crippen LogP contribution in [0, 0.1) is 0 Å². The molecule has 0 bridgehead atoms. The van der Waals surface area contributed by atoms with E-state index in [-0.39, 0.29) is 16.5 Å². The van der Waals surface area contributed by atoms with Gasteiger partial charge in [0.25, 0.3) is 0 Å². The van der Waals surface area contributed by atoms with Gasteiger partial charge in [0.15, 0.2) is 15.7 Å². The number of nitrogens with zero attached hydrogens (tertiary/aromatic N) is 2. The monoisotopic (exact) mass is 332 g/mol. The summed E-state index contributed by atoms with van der Waals surface area (Å²) in [7, 11) is -3.34. The van der Waals surface area contributed by atoms with Crippen molar-refractivity contribution in [1.29, 1.82) is 0 Å². The van der Waals surface area contributed by atoms with E-state index in [0.717, 1.165) is 24.6 Å². The lowest BCUT2D eigenvalue weighted by Crippen LogP contribution is -2.31. The molecule has 8 heteroatoms. The fourth-order valence-corrected chi connectivity index (χ4v) is 5.08. The Hall–Kier alpha value is -0.860. The lowest BCUT2D eigenvalue weighted by molar-refractivity contribution is 0.289. The van der Waals surface area contributed by atoms with Crippen molar-refractivity contribution in [1.82, 2.24) is 9.27 Å². The van der Waals surface area contributed by atoms with E-state index in [2.05, 4.69) is 21.5 Å². The topological polar surface area (TPSA) is 88.3 Å². The zero-order valence-electron chi connectivity index (χ0n) is 12.6. The number of rotatable bonds is 9. The Morgan fingerprint density at radius 1 is 1.43 bits per heavy atom. The molecule has 21 heavy (non-hydrogen) atoms. The summed E-state index contributed by atoms with van der Waals surface area (Å²) in [6.07, 6.45) is 3.12. The quantitative estimate of drug-likeness (QED) is 0.717. The van der Waals surface area contributed by atoms with Gasteiger partial charge in [-0.3, -0.25) is 4.90 Å². The zero-order chi connectivity index (χ0) is 15.5. The summed E-state index contributed by atoms with van der Waals surface area (Å²) >= 11 is 1.13. The first kappa shape index (κ1) is 16.5. The molecule has 2 rings (SSSR count). The molecule has 1 heterocycles. The number of hydrogen-bond donors (Lipinski definition) is 2. The van der Waals surface area contributed by atoms with Crippen LogP contribution in [0.25, 0.3) is 0 Å². The Morgan fingerprint density at radius 2 is 2.14 bits per heavy atom. The van der Waals surface area contributed by atoms with E-state index in [9.17, 15) is 8.42 Å². The van der Waals surface area contributed by atoms with Crippen molar-refractivity contribution in [2.75, 3.05) is 36.4 Å². The highest BCUT2D eigenvalue weighted by molar-refractivity contribution is 7.91. The van der Waals surface area contributed by atoms with Gasteiger partial charge in [-0.1, -0.05) is 13.8 Å². The molecule has 1 fully saturated rings. The normalized spacial score (nSPS) is 15.6. The summed E-state index contributed by atoms with van der Waals surface area (Å²) < 4.78 is 28.5. The molecule has 3 N–H and O–H groups in total. The Morgan fingerprint density at radius 3 is 2.71 bits per heavy atom. The second kappa shape index (κ2) is 6.93. The van der Waals surface area contributed by atoms with Crippen LogP contribution < -0.4 is 11.1 Å². The van der Waals surface area contributed by atoms with Crippen LogP contribution in [0.4, 0.5) is 10.8 Å². The summed E-state index contributed by atoms with van der Waals surface area (Å²) in [6, 6.07) is 0.714. The standard InChI is InChI=1S/C13H24N4O2S2/c1-3-9-21(18,19)11-12(14)16-20-13(11)15-7-8-17(4-2)10-5-6-10/h10,15H,3-9H2,1-2H3,(H2,14,16). The molecule has 0 saturated heterocycles. The second-order valence-corrected chi connectivity index (χ2v) is 8.15. The first-order chi connectivity index (χ1) is 9.99. The van der Waals surface area contributed by atoms with E-state index >= 15 is 0 Å². The van der Waals surface area contributed by atoms with Crippen LogP contribution in [0.15, 0.2) is 4.90 Å². The van der Waals surface area contributed by atoms with Crippen LogP contribution in [-0.2, 0) is 9.84 Å². The molecular weight excluding hydrogens is 308 g/mol. The summed E-state index contributed by atoms with van der Waals surface area (Å²) in [6.45, 7) is 6.64. The molecule has 120 valence electrons. The molecule has 0 atom stereocenters. The van der Waals surface area contributed by atoms with Crippen LogP contribution in [0.5, 0.6) is 0 Å². The highest BCUT2D eigenvalue weighted by Crippen LogP contribution is 2.32. The molecule has 1 aliphatic rings. The lowest BCUT2D eigenvalue weighted by Gasteiger charge is -2.19. The minimum atomic E-state index is -3.34. The molecule has 6 nitrogen and oxygen atoms in total. The highest BCUT2D eigenvalue weighted by atomic mass is 32.2. The van der Waals surface area contributed by atoms with Gasteiger partial charge in [0.05, 0.1) is 5.75 Å². The second-order valence-electron chi connectivity index (χ2n) is 5.33. The molecule has 1 aromatic rings. The van der Waals surface area contributed by atoms with E-state index in [1.165, 1.54) is 12.8 Å². The van der Waals surface area contributed by atoms with Crippen LogP contribution in [-0.4, -0.2) is 49.1 Å². The molecule has 0 aliphatic heterocycles. The van der Waals surface area contributed by atoms with E-state index in [0.29, 0.717) is 24.0 Å². The summed E-state index contributed by atoms with van der Waals surface area (Å²) in [5.41, 5.74) is 5.74. The van der Waals surface area contributed by atoms with E-state index in [1.54, 1.807) is 0 Å². The molecule has 0 unspecified atom stereocenters. The number of aromatic nitrogens is 1. The molecule has 0 aromatic carbocycles. The van der Waals surface area contributed by atoms with Gasteiger partial charge in [-0.05, 0) is 37.3 Å². The van der Waals surface area contributed by atoms with Crippen LogP contribution in [0.3, 0.4) is 0 Å². The average Bonchev–Trinajstić information content (AvgIpc) is 3.18. The minimum absolute atomic E-state index is 0.105. The van der Waals surface area contributed by atoms with Gasteiger partial charge in [0, 0.05) is 19.1 Å². The van der Waals surface area contributed by atoms with Gasteiger partial charge in [0.1, 0.15) is 9.90 Å². The van der Waals surface area contributed by atoms with Crippen molar-refractivity contribution in [3.63, 3.8) is 0 Å². The van der Waals surface area contributed by atoms with E-state index in [4.69, 9.17) is 5.73 Å². The van der Waals surface area contributed by atoms with Gasteiger partial charge >= 0.3 is 0 Å². The molecule has 0 amide bonds. The van der Waals surface area contributed by atoms with Gasteiger partial charge < -0.3 is 11.1 Å². The van der Waals surface area contributed by atoms with Crippen molar-refractivity contribution in [3.8, 4) is 0 Å². The number of nitrogens with one attached hydrogen (secondary N) is 1. The summed E-state index contributed by atoms with van der Waals surface area (Å²) in [5, 5.41) is 3.78. The van der Waals surface area contributed by atoms with Crippen LogP contribution in [0.2, 0.25) is 0 Å². The van der Waals surface area contributed by atoms with Crippen molar-refractivity contribution in [2.24, 2.45) is 0 Å². The predicted octanol–water partition coefficient (Wildman–Crippen LogP) is 1.81. The number of sulfone groups is 1. The predicted molar refractivity (Wildman–Crippen MR) is 87.6 cm³/mol. The SMILES string of the molecule is CCCS(=O)(=O)c1c(N)nsc1NCCN(CC)C1CC1. The molecule has 1 aliphatic carbocycles. The van der Waals surface area contributed by atoms with Crippen molar-refractivity contribution >= 4 is 32.2 Å². The van der Waals surface area contributed by atoms with Crippen LogP contribution in [0.1, 0.15) is 33.1 Å². The molecule has 1 aromatic heterocycles. The maximum atomic E-state index is 12.2. The fraction of sp³-hybridized carbons (Fsp3) is 0.769. The number of likely N-dealkylation sites (N-methyl/N-ethyl adjacent to an activating group) is 1. The molecular formula is C13H24N4O2S2. The third kappa shape index (κ3) is 4.08. The number of anilines is 2. The van der Waals surface area contributed by atoms with Gasteiger partial charge in [-0.2, -0.15) is 4.37 Å². The number of nitrogens with two attached hydrogens (primary N) is 1.